The molecular weight excluding hydrogens is 250 g/mol. The zero-order valence-corrected chi connectivity index (χ0v) is 12.2. The summed E-state index contributed by atoms with van der Waals surface area (Å²) in [6.45, 7) is 4.20. The Labute approximate surface area is 120 Å². The topological polar surface area (TPSA) is 38.3 Å². The highest BCUT2D eigenvalue weighted by Gasteiger charge is 2.28. The van der Waals surface area contributed by atoms with Crippen molar-refractivity contribution in [2.45, 2.75) is 44.9 Å². The largest absolute Gasteiger partial charge is 0.493 e. The van der Waals surface area contributed by atoms with Gasteiger partial charge in [-0.25, -0.2) is 0 Å². The Hall–Kier alpha value is -1.35. The van der Waals surface area contributed by atoms with E-state index in [1.54, 1.807) is 5.56 Å². The van der Waals surface area contributed by atoms with Gasteiger partial charge in [-0.1, -0.05) is 13.0 Å². The van der Waals surface area contributed by atoms with Crippen LogP contribution in [0, 0.1) is 0 Å². The zero-order chi connectivity index (χ0) is 13.9. The van der Waals surface area contributed by atoms with E-state index in [4.69, 9.17) is 4.74 Å². The minimum atomic E-state index is 0.297. The molecule has 1 aliphatic carbocycles. The maximum absolute atomic E-state index is 11.3. The number of ether oxygens (including phenoxy) is 1. The van der Waals surface area contributed by atoms with Gasteiger partial charge in [-0.15, -0.1) is 0 Å². The quantitative estimate of drug-likeness (QED) is 0.810. The maximum Gasteiger partial charge on any atom is 0.146 e. The molecule has 3 nitrogen and oxygen atoms in total. The molecule has 0 amide bonds. The number of rotatable bonds is 6. The van der Waals surface area contributed by atoms with E-state index >= 15 is 0 Å². The van der Waals surface area contributed by atoms with Crippen LogP contribution in [-0.2, 0) is 17.6 Å². The summed E-state index contributed by atoms with van der Waals surface area (Å²) in [6.07, 6.45) is 5.26. The van der Waals surface area contributed by atoms with Gasteiger partial charge < -0.3 is 10.1 Å². The molecule has 1 aromatic rings. The van der Waals surface area contributed by atoms with Gasteiger partial charge in [0.25, 0.3) is 0 Å². The molecule has 1 aliphatic heterocycles. The minimum absolute atomic E-state index is 0.297. The number of ketones is 1. The van der Waals surface area contributed by atoms with Crippen LogP contribution in [0.5, 0.6) is 5.75 Å². The standard InChI is InChI=1S/C17H23NO2/c1-2-14(19)11-18-9-7-13-4-3-12-5-6-16-15(17(12)13)8-10-20-16/h5-6,13,18H,2-4,7-11H2,1H3/t13-/m0/s1. The molecule has 1 atom stereocenters. The Morgan fingerprint density at radius 3 is 3.15 bits per heavy atom. The van der Waals surface area contributed by atoms with Crippen LogP contribution in [-0.4, -0.2) is 25.5 Å². The van der Waals surface area contributed by atoms with Crippen molar-refractivity contribution in [2.75, 3.05) is 19.7 Å². The molecule has 0 bridgehead atoms. The van der Waals surface area contributed by atoms with Crippen molar-refractivity contribution in [3.63, 3.8) is 0 Å². The smallest absolute Gasteiger partial charge is 0.146 e. The van der Waals surface area contributed by atoms with Crippen molar-refractivity contribution in [2.24, 2.45) is 0 Å². The van der Waals surface area contributed by atoms with Crippen LogP contribution in [0.4, 0.5) is 0 Å². The van der Waals surface area contributed by atoms with Crippen molar-refractivity contribution in [3.8, 4) is 5.75 Å². The highest BCUT2D eigenvalue weighted by atomic mass is 16.5. The first-order chi connectivity index (χ1) is 9.79. The van der Waals surface area contributed by atoms with Crippen molar-refractivity contribution in [1.29, 1.82) is 0 Å². The second kappa shape index (κ2) is 5.96. The van der Waals surface area contributed by atoms with Crippen LogP contribution in [0.1, 0.15) is 48.8 Å². The summed E-state index contributed by atoms with van der Waals surface area (Å²) < 4.78 is 5.68. The van der Waals surface area contributed by atoms with Gasteiger partial charge in [-0.3, -0.25) is 4.79 Å². The molecule has 2 aliphatic rings. The lowest BCUT2D eigenvalue weighted by Crippen LogP contribution is -2.24. The van der Waals surface area contributed by atoms with E-state index in [9.17, 15) is 4.79 Å². The number of carbonyl (C=O) groups is 1. The third kappa shape index (κ3) is 2.59. The van der Waals surface area contributed by atoms with Crippen LogP contribution in [0.3, 0.4) is 0 Å². The summed E-state index contributed by atoms with van der Waals surface area (Å²) in [5, 5.41) is 3.28. The number of benzene rings is 1. The monoisotopic (exact) mass is 273 g/mol. The third-order valence-corrected chi connectivity index (χ3v) is 4.57. The van der Waals surface area contributed by atoms with Gasteiger partial charge in [0.1, 0.15) is 11.5 Å². The molecule has 0 aromatic heterocycles. The van der Waals surface area contributed by atoms with E-state index in [1.807, 2.05) is 6.92 Å². The number of fused-ring (bicyclic) bond motifs is 3. The van der Waals surface area contributed by atoms with Gasteiger partial charge in [-0.2, -0.15) is 0 Å². The van der Waals surface area contributed by atoms with Crippen LogP contribution in [0.25, 0.3) is 0 Å². The number of nitrogens with one attached hydrogen (secondary N) is 1. The van der Waals surface area contributed by atoms with Crippen molar-refractivity contribution >= 4 is 5.78 Å². The lowest BCUT2D eigenvalue weighted by atomic mass is 9.92. The molecule has 108 valence electrons. The average Bonchev–Trinajstić information content (AvgIpc) is 3.08. The highest BCUT2D eigenvalue weighted by molar-refractivity contribution is 5.80. The van der Waals surface area contributed by atoms with Crippen LogP contribution >= 0.6 is 0 Å². The van der Waals surface area contributed by atoms with E-state index in [1.165, 1.54) is 24.0 Å². The number of Topliss-reactive ketones (excluding diaryl/α,β-unsaturated/α-hetero) is 1. The van der Waals surface area contributed by atoms with Gasteiger partial charge in [0.05, 0.1) is 13.2 Å². The predicted octanol–water partition coefficient (Wildman–Crippen LogP) is 2.61. The Bertz CT molecular complexity index is 510. The normalized spacial score (nSPS) is 19.6. The fourth-order valence-electron chi connectivity index (χ4n) is 3.47. The number of hydrogen-bond donors (Lipinski definition) is 1. The first-order valence-corrected chi connectivity index (χ1v) is 7.79. The van der Waals surface area contributed by atoms with E-state index in [0.29, 0.717) is 24.7 Å². The van der Waals surface area contributed by atoms with E-state index in [0.717, 1.165) is 31.7 Å². The number of aryl methyl sites for hydroxylation is 1. The SMILES string of the molecule is CCC(=O)CNCC[C@@H]1CCc2ccc3c(c21)CCO3. The molecule has 0 radical (unpaired) electrons. The van der Waals surface area contributed by atoms with Crippen LogP contribution < -0.4 is 10.1 Å². The van der Waals surface area contributed by atoms with Gasteiger partial charge >= 0.3 is 0 Å². The molecule has 0 spiro atoms. The molecule has 3 heteroatoms. The summed E-state index contributed by atoms with van der Waals surface area (Å²) in [5.74, 6) is 2.04. The summed E-state index contributed by atoms with van der Waals surface area (Å²) >= 11 is 0. The van der Waals surface area contributed by atoms with Gasteiger partial charge in [-0.05, 0) is 48.9 Å². The van der Waals surface area contributed by atoms with Crippen LogP contribution in [0.2, 0.25) is 0 Å². The van der Waals surface area contributed by atoms with E-state index in [2.05, 4.69) is 17.4 Å². The highest BCUT2D eigenvalue weighted by Crippen LogP contribution is 2.42. The van der Waals surface area contributed by atoms with E-state index in [-0.39, 0.29) is 0 Å². The molecule has 1 N–H and O–H groups in total. The fraction of sp³-hybridized carbons (Fsp3) is 0.588. The van der Waals surface area contributed by atoms with Crippen molar-refractivity contribution < 1.29 is 9.53 Å². The Morgan fingerprint density at radius 1 is 1.40 bits per heavy atom. The van der Waals surface area contributed by atoms with Crippen molar-refractivity contribution in [1.82, 2.24) is 5.32 Å². The Morgan fingerprint density at radius 2 is 2.30 bits per heavy atom. The predicted molar refractivity (Wildman–Crippen MR) is 79.5 cm³/mol. The minimum Gasteiger partial charge on any atom is -0.493 e. The summed E-state index contributed by atoms with van der Waals surface area (Å²) in [6, 6.07) is 4.38. The first kappa shape index (κ1) is 13.6. The van der Waals surface area contributed by atoms with Gasteiger partial charge in [0, 0.05) is 18.4 Å². The Balaban J connectivity index is 1.62. The molecule has 0 unspecified atom stereocenters. The first-order valence-electron chi connectivity index (χ1n) is 7.79. The number of hydrogen-bond acceptors (Lipinski definition) is 3. The molecule has 0 fully saturated rings. The maximum atomic E-state index is 11.3. The molecular formula is C17H23NO2. The number of carbonyl (C=O) groups excluding carboxylic acids is 1. The molecule has 1 heterocycles. The van der Waals surface area contributed by atoms with Gasteiger partial charge in [0.2, 0.25) is 0 Å². The second-order valence-electron chi connectivity index (χ2n) is 5.81. The summed E-state index contributed by atoms with van der Waals surface area (Å²) in [5.41, 5.74) is 4.53. The van der Waals surface area contributed by atoms with E-state index < -0.39 is 0 Å². The third-order valence-electron chi connectivity index (χ3n) is 4.57. The summed E-state index contributed by atoms with van der Waals surface area (Å²) in [4.78, 5) is 11.3. The molecule has 1 aromatic carbocycles. The summed E-state index contributed by atoms with van der Waals surface area (Å²) in [7, 11) is 0. The molecule has 0 saturated heterocycles. The lowest BCUT2D eigenvalue weighted by Gasteiger charge is -2.15. The van der Waals surface area contributed by atoms with Crippen LogP contribution in [0.15, 0.2) is 12.1 Å². The van der Waals surface area contributed by atoms with Crippen molar-refractivity contribution in [3.05, 3.63) is 28.8 Å². The Kier molecular flexibility index (Phi) is 4.06. The fourth-order valence-corrected chi connectivity index (χ4v) is 3.47. The zero-order valence-electron chi connectivity index (χ0n) is 12.2. The molecule has 3 rings (SSSR count). The average molecular weight is 273 g/mol. The second-order valence-corrected chi connectivity index (χ2v) is 5.81. The lowest BCUT2D eigenvalue weighted by molar-refractivity contribution is -0.117. The molecule has 0 saturated carbocycles. The molecule has 20 heavy (non-hydrogen) atoms. The van der Waals surface area contributed by atoms with Gasteiger partial charge in [0.15, 0.2) is 0 Å².